The second-order valence-electron chi connectivity index (χ2n) is 4.66. The molecule has 2 atom stereocenters. The van der Waals surface area contributed by atoms with Gasteiger partial charge < -0.3 is 10.1 Å². The second kappa shape index (κ2) is 6.17. The minimum atomic E-state index is 0.305. The summed E-state index contributed by atoms with van der Waals surface area (Å²) in [5, 5.41) is 7.99. The van der Waals surface area contributed by atoms with Crippen molar-refractivity contribution in [1.82, 2.24) is 15.1 Å². The van der Waals surface area contributed by atoms with E-state index in [0.29, 0.717) is 12.1 Å². The van der Waals surface area contributed by atoms with Gasteiger partial charge in [0.05, 0.1) is 12.3 Å². The molecule has 0 saturated carbocycles. The van der Waals surface area contributed by atoms with Crippen LogP contribution in [-0.4, -0.2) is 29.0 Å². The average molecular weight is 239 g/mol. The molecule has 0 saturated heterocycles. The summed E-state index contributed by atoms with van der Waals surface area (Å²) in [5.41, 5.74) is 3.63. The minimum absolute atomic E-state index is 0.305. The Balaban J connectivity index is 2.66. The van der Waals surface area contributed by atoms with Crippen LogP contribution < -0.4 is 5.32 Å². The molecular formula is C13H25N3O. The van der Waals surface area contributed by atoms with Crippen molar-refractivity contribution in [2.75, 3.05) is 13.2 Å². The molecule has 2 unspecified atom stereocenters. The van der Waals surface area contributed by atoms with Crippen LogP contribution in [0.15, 0.2) is 0 Å². The lowest BCUT2D eigenvalue weighted by Gasteiger charge is -2.20. The predicted molar refractivity (Wildman–Crippen MR) is 70.2 cm³/mol. The van der Waals surface area contributed by atoms with Crippen LogP contribution in [0.25, 0.3) is 0 Å². The molecule has 0 bridgehead atoms. The van der Waals surface area contributed by atoms with E-state index in [9.17, 15) is 0 Å². The fourth-order valence-electron chi connectivity index (χ4n) is 2.27. The molecule has 1 aromatic rings. The quantitative estimate of drug-likeness (QED) is 0.826. The Morgan fingerprint density at radius 1 is 1.35 bits per heavy atom. The Hall–Kier alpha value is -0.870. The highest BCUT2D eigenvalue weighted by Gasteiger charge is 2.17. The van der Waals surface area contributed by atoms with E-state index >= 15 is 0 Å². The fourth-order valence-corrected chi connectivity index (χ4v) is 2.27. The number of ether oxygens (including phenoxy) is 1. The number of aryl methyl sites for hydroxylation is 2. The zero-order chi connectivity index (χ0) is 13.0. The van der Waals surface area contributed by atoms with Crippen molar-refractivity contribution in [3.8, 4) is 0 Å². The summed E-state index contributed by atoms with van der Waals surface area (Å²) in [7, 11) is 1.99. The summed E-state index contributed by atoms with van der Waals surface area (Å²) in [6.45, 7) is 12.0. The molecular weight excluding hydrogens is 214 g/mol. The molecule has 1 aromatic heterocycles. The summed E-state index contributed by atoms with van der Waals surface area (Å²) in [4.78, 5) is 0. The van der Waals surface area contributed by atoms with E-state index < -0.39 is 0 Å². The molecule has 0 radical (unpaired) electrons. The Bertz CT molecular complexity index is 360. The Morgan fingerprint density at radius 3 is 2.47 bits per heavy atom. The fraction of sp³-hybridized carbons (Fsp3) is 0.769. The highest BCUT2D eigenvalue weighted by molar-refractivity contribution is 5.27. The number of aromatic nitrogens is 2. The lowest BCUT2D eigenvalue weighted by Crippen LogP contribution is -2.33. The molecule has 1 heterocycles. The molecule has 98 valence electrons. The molecule has 1 N–H and O–H groups in total. The Labute approximate surface area is 104 Å². The normalized spacial score (nSPS) is 14.9. The van der Waals surface area contributed by atoms with Crippen LogP contribution in [-0.2, 0) is 11.8 Å². The third-order valence-electron chi connectivity index (χ3n) is 3.10. The van der Waals surface area contributed by atoms with E-state index in [2.05, 4.69) is 38.1 Å². The molecule has 0 fully saturated rings. The topological polar surface area (TPSA) is 39.1 Å². The number of hydrogen-bond acceptors (Lipinski definition) is 3. The van der Waals surface area contributed by atoms with Gasteiger partial charge in [0.15, 0.2) is 0 Å². The maximum atomic E-state index is 5.41. The van der Waals surface area contributed by atoms with Crippen LogP contribution in [0.1, 0.15) is 43.8 Å². The van der Waals surface area contributed by atoms with Gasteiger partial charge in [-0.1, -0.05) is 0 Å². The highest BCUT2D eigenvalue weighted by Crippen LogP contribution is 2.20. The van der Waals surface area contributed by atoms with Crippen molar-refractivity contribution >= 4 is 0 Å². The van der Waals surface area contributed by atoms with Crippen molar-refractivity contribution in [3.05, 3.63) is 17.0 Å². The van der Waals surface area contributed by atoms with Gasteiger partial charge in [-0.15, -0.1) is 0 Å². The second-order valence-corrected chi connectivity index (χ2v) is 4.66. The monoisotopic (exact) mass is 239 g/mol. The Kier molecular flexibility index (Phi) is 5.15. The smallest absolute Gasteiger partial charge is 0.0644 e. The van der Waals surface area contributed by atoms with Crippen molar-refractivity contribution in [2.45, 2.75) is 46.7 Å². The summed E-state index contributed by atoms with van der Waals surface area (Å²) in [5.74, 6) is 0. The van der Waals surface area contributed by atoms with Gasteiger partial charge in [-0.2, -0.15) is 5.10 Å². The predicted octanol–water partition coefficient (Wildman–Crippen LogP) is 2.11. The summed E-state index contributed by atoms with van der Waals surface area (Å²) < 4.78 is 7.35. The van der Waals surface area contributed by atoms with Crippen LogP contribution in [0, 0.1) is 13.8 Å². The first kappa shape index (κ1) is 14.2. The van der Waals surface area contributed by atoms with Gasteiger partial charge in [0.2, 0.25) is 0 Å². The molecule has 0 aliphatic heterocycles. The molecule has 4 nitrogen and oxygen atoms in total. The first-order valence-electron chi connectivity index (χ1n) is 6.31. The molecule has 0 aliphatic carbocycles. The van der Waals surface area contributed by atoms with E-state index in [1.807, 2.05) is 18.7 Å². The summed E-state index contributed by atoms with van der Waals surface area (Å²) in [6.07, 6.45) is 0. The first-order chi connectivity index (χ1) is 7.97. The molecule has 0 amide bonds. The van der Waals surface area contributed by atoms with Crippen molar-refractivity contribution in [3.63, 3.8) is 0 Å². The third kappa shape index (κ3) is 3.54. The largest absolute Gasteiger partial charge is 0.380 e. The number of nitrogens with one attached hydrogen (secondary N) is 1. The van der Waals surface area contributed by atoms with Gasteiger partial charge in [-0.3, -0.25) is 4.68 Å². The zero-order valence-corrected chi connectivity index (χ0v) is 11.9. The lowest BCUT2D eigenvalue weighted by molar-refractivity contribution is 0.124. The molecule has 0 spiro atoms. The van der Waals surface area contributed by atoms with Crippen molar-refractivity contribution in [1.29, 1.82) is 0 Å². The van der Waals surface area contributed by atoms with Crippen molar-refractivity contribution < 1.29 is 4.74 Å². The number of hydrogen-bond donors (Lipinski definition) is 1. The van der Waals surface area contributed by atoms with Crippen molar-refractivity contribution in [2.24, 2.45) is 7.05 Å². The zero-order valence-electron chi connectivity index (χ0n) is 11.9. The van der Waals surface area contributed by atoms with E-state index in [1.165, 1.54) is 11.3 Å². The summed E-state index contributed by atoms with van der Waals surface area (Å²) >= 11 is 0. The lowest BCUT2D eigenvalue weighted by atomic mass is 10.1. The summed E-state index contributed by atoms with van der Waals surface area (Å²) in [6, 6.07) is 0.656. The van der Waals surface area contributed by atoms with Gasteiger partial charge in [-0.25, -0.2) is 0 Å². The third-order valence-corrected chi connectivity index (χ3v) is 3.10. The number of nitrogens with zero attached hydrogens (tertiary/aromatic N) is 2. The van der Waals surface area contributed by atoms with Crippen LogP contribution in [0.4, 0.5) is 0 Å². The average Bonchev–Trinajstić information content (AvgIpc) is 2.50. The number of rotatable bonds is 6. The van der Waals surface area contributed by atoms with Crippen LogP contribution in [0.3, 0.4) is 0 Å². The SMILES string of the molecule is CCOCC(C)NC(C)c1c(C)nn(C)c1C. The molecule has 0 aliphatic rings. The van der Waals surface area contributed by atoms with Crippen LogP contribution in [0.2, 0.25) is 0 Å². The van der Waals surface area contributed by atoms with Gasteiger partial charge >= 0.3 is 0 Å². The van der Waals surface area contributed by atoms with E-state index in [0.717, 1.165) is 18.9 Å². The van der Waals surface area contributed by atoms with E-state index in [4.69, 9.17) is 4.74 Å². The van der Waals surface area contributed by atoms with Gasteiger partial charge in [0.1, 0.15) is 0 Å². The molecule has 1 rings (SSSR count). The van der Waals surface area contributed by atoms with Gasteiger partial charge in [0.25, 0.3) is 0 Å². The highest BCUT2D eigenvalue weighted by atomic mass is 16.5. The van der Waals surface area contributed by atoms with Crippen LogP contribution in [0.5, 0.6) is 0 Å². The van der Waals surface area contributed by atoms with Crippen LogP contribution >= 0.6 is 0 Å². The van der Waals surface area contributed by atoms with Gasteiger partial charge in [0, 0.05) is 37.0 Å². The standard InChI is InChI=1S/C13H25N3O/c1-7-17-8-9(2)14-10(3)13-11(4)15-16(6)12(13)5/h9-10,14H,7-8H2,1-6H3. The molecule has 17 heavy (non-hydrogen) atoms. The molecule has 0 aromatic carbocycles. The minimum Gasteiger partial charge on any atom is -0.380 e. The van der Waals surface area contributed by atoms with E-state index in [1.54, 1.807) is 0 Å². The maximum Gasteiger partial charge on any atom is 0.0644 e. The van der Waals surface area contributed by atoms with E-state index in [-0.39, 0.29) is 0 Å². The van der Waals surface area contributed by atoms with Gasteiger partial charge in [-0.05, 0) is 34.6 Å². The first-order valence-corrected chi connectivity index (χ1v) is 6.31. The Morgan fingerprint density at radius 2 is 2.00 bits per heavy atom. The molecule has 4 heteroatoms. The maximum absolute atomic E-state index is 5.41.